The van der Waals surface area contributed by atoms with Crippen molar-refractivity contribution in [3.05, 3.63) is 16.4 Å². The molecule has 0 aromatic carbocycles. The van der Waals surface area contributed by atoms with Crippen LogP contribution in [0.25, 0.3) is 0 Å². The molecule has 16 heavy (non-hydrogen) atoms. The lowest BCUT2D eigenvalue weighted by Crippen LogP contribution is -2.26. The van der Waals surface area contributed by atoms with Crippen LogP contribution in [0.3, 0.4) is 0 Å². The monoisotopic (exact) mass is 243 g/mol. The number of aryl methyl sites for hydroxylation is 2. The van der Waals surface area contributed by atoms with E-state index in [0.29, 0.717) is 6.54 Å². The molecule has 2 rings (SSSR count). The summed E-state index contributed by atoms with van der Waals surface area (Å²) in [4.78, 5) is 0. The van der Waals surface area contributed by atoms with Gasteiger partial charge in [0.25, 0.3) is 0 Å². The average molecular weight is 244 g/mol. The molecule has 1 fully saturated rings. The van der Waals surface area contributed by atoms with E-state index in [9.17, 15) is 5.11 Å². The van der Waals surface area contributed by atoms with Gasteiger partial charge >= 0.3 is 0 Å². The Hall–Kier alpha value is -0.580. The van der Waals surface area contributed by atoms with E-state index in [-0.39, 0.29) is 12.0 Å². The van der Waals surface area contributed by atoms with E-state index in [1.54, 1.807) is 0 Å². The van der Waals surface area contributed by atoms with Gasteiger partial charge in [0.1, 0.15) is 0 Å². The zero-order chi connectivity index (χ0) is 11.8. The van der Waals surface area contributed by atoms with Gasteiger partial charge < -0.3 is 10.4 Å². The van der Waals surface area contributed by atoms with Crippen LogP contribution in [-0.4, -0.2) is 28.0 Å². The minimum atomic E-state index is 0.139. The van der Waals surface area contributed by atoms with Crippen LogP contribution in [0.2, 0.25) is 5.02 Å². The van der Waals surface area contributed by atoms with Crippen molar-refractivity contribution >= 4 is 11.6 Å². The molecule has 0 amide bonds. The molecule has 1 heterocycles. The molecule has 5 heteroatoms. The first-order valence-electron chi connectivity index (χ1n) is 5.57. The molecule has 0 aliphatic heterocycles. The number of nitrogens with zero attached hydrogens (tertiary/aromatic N) is 2. The predicted molar refractivity (Wildman–Crippen MR) is 63.4 cm³/mol. The van der Waals surface area contributed by atoms with Crippen molar-refractivity contribution in [1.29, 1.82) is 0 Å². The topological polar surface area (TPSA) is 50.1 Å². The largest absolute Gasteiger partial charge is 0.396 e. The fourth-order valence-electron chi connectivity index (χ4n) is 1.89. The van der Waals surface area contributed by atoms with Crippen molar-refractivity contribution in [1.82, 2.24) is 15.1 Å². The summed E-state index contributed by atoms with van der Waals surface area (Å²) < 4.78 is 1.81. The fourth-order valence-corrected chi connectivity index (χ4v) is 2.11. The summed E-state index contributed by atoms with van der Waals surface area (Å²) in [5.41, 5.74) is 2.01. The van der Waals surface area contributed by atoms with E-state index < -0.39 is 0 Å². The van der Waals surface area contributed by atoms with Crippen LogP contribution >= 0.6 is 11.6 Å². The maximum absolute atomic E-state index is 9.18. The zero-order valence-corrected chi connectivity index (χ0v) is 10.5. The summed E-state index contributed by atoms with van der Waals surface area (Å²) >= 11 is 6.14. The molecule has 2 N–H and O–H groups in total. The number of nitrogens with one attached hydrogen (secondary N) is 1. The molecular formula is C11H18ClN3O. The second kappa shape index (κ2) is 4.35. The standard InChI is InChI=1S/C11H18ClN3O/c1-8-10(12)9(15(2)14-8)5-13-6-11(7-16)3-4-11/h13,16H,3-7H2,1-2H3. The van der Waals surface area contributed by atoms with Gasteiger partial charge in [0, 0.05) is 32.2 Å². The lowest BCUT2D eigenvalue weighted by atomic mass is 10.1. The van der Waals surface area contributed by atoms with Crippen molar-refractivity contribution in [3.8, 4) is 0 Å². The Labute approximate surface area is 101 Å². The molecule has 0 bridgehead atoms. The van der Waals surface area contributed by atoms with E-state index in [1.165, 1.54) is 0 Å². The first kappa shape index (κ1) is 11.9. The highest BCUT2D eigenvalue weighted by molar-refractivity contribution is 6.31. The van der Waals surface area contributed by atoms with Gasteiger partial charge in [-0.25, -0.2) is 0 Å². The molecule has 1 saturated carbocycles. The summed E-state index contributed by atoms with van der Waals surface area (Å²) in [6.45, 7) is 3.74. The highest BCUT2D eigenvalue weighted by Gasteiger charge is 2.41. The SMILES string of the molecule is Cc1nn(C)c(CNCC2(CO)CC2)c1Cl. The second-order valence-electron chi connectivity index (χ2n) is 4.73. The van der Waals surface area contributed by atoms with Gasteiger partial charge in [-0.15, -0.1) is 0 Å². The highest BCUT2D eigenvalue weighted by Crippen LogP contribution is 2.44. The zero-order valence-electron chi connectivity index (χ0n) is 9.76. The number of aliphatic hydroxyl groups excluding tert-OH is 1. The quantitative estimate of drug-likeness (QED) is 0.818. The lowest BCUT2D eigenvalue weighted by Gasteiger charge is -2.12. The third-order valence-corrected chi connectivity index (χ3v) is 3.84. The van der Waals surface area contributed by atoms with E-state index in [0.717, 1.165) is 35.8 Å². The van der Waals surface area contributed by atoms with Crippen molar-refractivity contribution in [2.75, 3.05) is 13.2 Å². The van der Waals surface area contributed by atoms with Gasteiger partial charge in [0.2, 0.25) is 0 Å². The van der Waals surface area contributed by atoms with Gasteiger partial charge in [0.15, 0.2) is 0 Å². The van der Waals surface area contributed by atoms with Crippen LogP contribution in [0.1, 0.15) is 24.2 Å². The molecular weight excluding hydrogens is 226 g/mol. The minimum Gasteiger partial charge on any atom is -0.396 e. The average Bonchev–Trinajstić information content (AvgIpc) is 2.99. The number of rotatable bonds is 5. The van der Waals surface area contributed by atoms with E-state index in [1.807, 2.05) is 18.7 Å². The molecule has 0 radical (unpaired) electrons. The Balaban J connectivity index is 1.90. The molecule has 4 nitrogen and oxygen atoms in total. The van der Waals surface area contributed by atoms with Gasteiger partial charge in [-0.1, -0.05) is 11.6 Å². The maximum atomic E-state index is 9.18. The summed E-state index contributed by atoms with van der Waals surface area (Å²) in [6.07, 6.45) is 2.24. The summed E-state index contributed by atoms with van der Waals surface area (Å²) in [5, 5.41) is 17.5. The molecule has 0 atom stereocenters. The van der Waals surface area contributed by atoms with Crippen LogP contribution in [-0.2, 0) is 13.6 Å². The van der Waals surface area contributed by atoms with Crippen LogP contribution < -0.4 is 5.32 Å². The normalized spacial score (nSPS) is 17.8. The number of aromatic nitrogens is 2. The maximum Gasteiger partial charge on any atom is 0.0860 e. The molecule has 0 saturated heterocycles. The molecule has 1 aliphatic rings. The Morgan fingerprint density at radius 3 is 2.69 bits per heavy atom. The Morgan fingerprint density at radius 1 is 1.56 bits per heavy atom. The third-order valence-electron chi connectivity index (χ3n) is 3.35. The smallest absolute Gasteiger partial charge is 0.0860 e. The van der Waals surface area contributed by atoms with Gasteiger partial charge in [-0.05, 0) is 19.8 Å². The Bertz CT molecular complexity index is 385. The lowest BCUT2D eigenvalue weighted by molar-refractivity contribution is 0.207. The molecule has 1 aliphatic carbocycles. The highest BCUT2D eigenvalue weighted by atomic mass is 35.5. The molecule has 90 valence electrons. The number of hydrogen-bond donors (Lipinski definition) is 2. The van der Waals surface area contributed by atoms with Crippen molar-refractivity contribution in [2.24, 2.45) is 12.5 Å². The van der Waals surface area contributed by atoms with Gasteiger partial charge in [-0.2, -0.15) is 5.10 Å². The van der Waals surface area contributed by atoms with Crippen LogP contribution in [0.4, 0.5) is 0 Å². The predicted octanol–water partition coefficient (Wildman–Crippen LogP) is 1.24. The summed E-state index contributed by atoms with van der Waals surface area (Å²) in [5.74, 6) is 0. The summed E-state index contributed by atoms with van der Waals surface area (Å²) in [7, 11) is 1.90. The Kier molecular flexibility index (Phi) is 3.24. The van der Waals surface area contributed by atoms with Crippen LogP contribution in [0, 0.1) is 12.3 Å². The fraction of sp³-hybridized carbons (Fsp3) is 0.727. The van der Waals surface area contributed by atoms with E-state index in [2.05, 4.69) is 10.4 Å². The van der Waals surface area contributed by atoms with E-state index in [4.69, 9.17) is 11.6 Å². The molecule has 1 aromatic rings. The third kappa shape index (κ3) is 2.24. The van der Waals surface area contributed by atoms with Crippen LogP contribution in [0.5, 0.6) is 0 Å². The van der Waals surface area contributed by atoms with E-state index >= 15 is 0 Å². The van der Waals surface area contributed by atoms with Gasteiger partial charge in [-0.3, -0.25) is 4.68 Å². The van der Waals surface area contributed by atoms with Crippen molar-refractivity contribution in [3.63, 3.8) is 0 Å². The first-order chi connectivity index (χ1) is 7.58. The second-order valence-corrected chi connectivity index (χ2v) is 5.11. The first-order valence-corrected chi connectivity index (χ1v) is 5.95. The molecule has 0 spiro atoms. The molecule has 1 aromatic heterocycles. The number of aliphatic hydroxyl groups is 1. The van der Waals surface area contributed by atoms with Crippen molar-refractivity contribution in [2.45, 2.75) is 26.3 Å². The van der Waals surface area contributed by atoms with Crippen molar-refractivity contribution < 1.29 is 5.11 Å². The van der Waals surface area contributed by atoms with Crippen LogP contribution in [0.15, 0.2) is 0 Å². The Morgan fingerprint density at radius 2 is 2.25 bits per heavy atom. The molecule has 0 unspecified atom stereocenters. The number of hydrogen-bond acceptors (Lipinski definition) is 3. The minimum absolute atomic E-state index is 0.139. The van der Waals surface area contributed by atoms with Gasteiger partial charge in [0.05, 0.1) is 16.4 Å². The number of halogens is 1. The summed E-state index contributed by atoms with van der Waals surface area (Å²) in [6, 6.07) is 0.